The first-order valence-electron chi connectivity index (χ1n) is 4.19. The van der Waals surface area contributed by atoms with E-state index in [1.807, 2.05) is 12.1 Å². The molecule has 2 aromatic rings. The van der Waals surface area contributed by atoms with Crippen LogP contribution in [0.25, 0.3) is 17.1 Å². The largest absolute Gasteiger partial charge is 0.237 e. The highest BCUT2D eigenvalue weighted by Crippen LogP contribution is 2.30. The van der Waals surface area contributed by atoms with Gasteiger partial charge in [0.05, 0.1) is 0 Å². The number of fused-ring (bicyclic) bond motifs is 2. The van der Waals surface area contributed by atoms with Crippen LogP contribution in [0.1, 0.15) is 5.56 Å². The van der Waals surface area contributed by atoms with Crippen molar-refractivity contribution < 1.29 is 0 Å². The maximum atomic E-state index is 4.42. The molecule has 14 heavy (non-hydrogen) atoms. The van der Waals surface area contributed by atoms with E-state index in [0.717, 1.165) is 22.4 Å². The van der Waals surface area contributed by atoms with Gasteiger partial charge in [0.1, 0.15) is 0 Å². The van der Waals surface area contributed by atoms with Crippen molar-refractivity contribution in [3.8, 4) is 0 Å². The van der Waals surface area contributed by atoms with Gasteiger partial charge in [-0.3, -0.25) is 0 Å². The molecule has 0 radical (unpaired) electrons. The van der Waals surface area contributed by atoms with E-state index in [1.54, 1.807) is 6.20 Å². The average Bonchev–Trinajstić information content (AvgIpc) is 2.26. The summed E-state index contributed by atoms with van der Waals surface area (Å²) < 4.78 is 6.56. The van der Waals surface area contributed by atoms with Crippen molar-refractivity contribution in [2.75, 3.05) is 0 Å². The topological polar surface area (TPSA) is 38.1 Å². The minimum Gasteiger partial charge on any atom is -0.237 e. The second-order valence-electron chi connectivity index (χ2n) is 2.93. The molecule has 3 rings (SSSR count). The van der Waals surface area contributed by atoms with Crippen molar-refractivity contribution in [2.24, 2.45) is 3.15 Å². The third kappa shape index (κ3) is 1.26. The lowest BCUT2D eigenvalue weighted by Crippen LogP contribution is -1.86. The standard InChI is InChI=1S/C10H6IN3/c1-2-7-6-8-3-4-11-14-10(8)13-9(7)12-5-1/h1-6H. The summed E-state index contributed by atoms with van der Waals surface area (Å²) in [7, 11) is 0. The van der Waals surface area contributed by atoms with Crippen molar-refractivity contribution in [3.63, 3.8) is 0 Å². The van der Waals surface area contributed by atoms with Crippen molar-refractivity contribution in [1.29, 1.82) is 0 Å². The van der Waals surface area contributed by atoms with Gasteiger partial charge in [-0.2, -0.15) is 0 Å². The van der Waals surface area contributed by atoms with E-state index in [-0.39, 0.29) is 21.0 Å². The molecule has 0 spiro atoms. The number of hydrogen-bond acceptors (Lipinski definition) is 3. The van der Waals surface area contributed by atoms with E-state index >= 15 is 0 Å². The van der Waals surface area contributed by atoms with Gasteiger partial charge in [0.25, 0.3) is 0 Å². The molecule has 0 amide bonds. The normalized spacial score (nSPS) is 13.7. The van der Waals surface area contributed by atoms with Gasteiger partial charge in [-0.05, 0) is 28.4 Å². The fourth-order valence-corrected chi connectivity index (χ4v) is 2.73. The lowest BCUT2D eigenvalue weighted by atomic mass is 10.2. The van der Waals surface area contributed by atoms with Gasteiger partial charge in [0, 0.05) is 38.2 Å². The number of pyridine rings is 2. The Bertz CT molecular complexity index is 510. The van der Waals surface area contributed by atoms with E-state index in [2.05, 4.69) is 29.3 Å². The minimum atomic E-state index is -0.177. The molecular weight excluding hydrogens is 289 g/mol. The SMILES string of the molecule is C1=Cc2cc3cccnc3nc2N=I1. The summed E-state index contributed by atoms with van der Waals surface area (Å²) in [5, 5.41) is 1.08. The van der Waals surface area contributed by atoms with Crippen LogP contribution >= 0.6 is 21.0 Å². The molecule has 3 heterocycles. The number of nitrogens with zero attached hydrogens (tertiary/aromatic N) is 3. The molecule has 0 aliphatic carbocycles. The van der Waals surface area contributed by atoms with Crippen molar-refractivity contribution in [1.82, 2.24) is 9.97 Å². The lowest BCUT2D eigenvalue weighted by molar-refractivity contribution is 1.26. The highest BCUT2D eigenvalue weighted by atomic mass is 127. The van der Waals surface area contributed by atoms with E-state index in [1.165, 1.54) is 0 Å². The maximum Gasteiger partial charge on any atom is 0.167 e. The second-order valence-corrected chi connectivity index (χ2v) is 4.68. The Kier molecular flexibility index (Phi) is 1.86. The third-order valence-electron chi connectivity index (χ3n) is 2.03. The molecule has 1 aliphatic heterocycles. The number of hydrogen-bond donors (Lipinski definition) is 0. The van der Waals surface area contributed by atoms with Crippen LogP contribution in [-0.4, -0.2) is 9.97 Å². The summed E-state index contributed by atoms with van der Waals surface area (Å²) in [5.41, 5.74) is 1.89. The maximum absolute atomic E-state index is 4.42. The number of rotatable bonds is 0. The molecule has 4 heteroatoms. The lowest BCUT2D eigenvalue weighted by Gasteiger charge is -2.03. The van der Waals surface area contributed by atoms with E-state index in [0.29, 0.717) is 0 Å². The van der Waals surface area contributed by atoms with Crippen LogP contribution in [0, 0.1) is 0 Å². The smallest absolute Gasteiger partial charge is 0.167 e. The van der Waals surface area contributed by atoms with E-state index < -0.39 is 0 Å². The summed E-state index contributed by atoms with van der Waals surface area (Å²) in [6, 6.07) is 6.04. The zero-order valence-corrected chi connectivity index (χ0v) is 9.34. The summed E-state index contributed by atoms with van der Waals surface area (Å²) >= 11 is -0.177. The quantitative estimate of drug-likeness (QED) is 0.699. The number of aromatic nitrogens is 2. The average molecular weight is 295 g/mol. The highest BCUT2D eigenvalue weighted by molar-refractivity contribution is 14.2. The predicted octanol–water partition coefficient (Wildman–Crippen LogP) is 3.40. The van der Waals surface area contributed by atoms with Gasteiger partial charge in [-0.1, -0.05) is 0 Å². The Labute approximate surface area is 91.0 Å². The molecule has 0 fully saturated rings. The minimum absolute atomic E-state index is 0.177. The van der Waals surface area contributed by atoms with Crippen LogP contribution in [0.3, 0.4) is 0 Å². The van der Waals surface area contributed by atoms with E-state index in [4.69, 9.17) is 0 Å². The Morgan fingerprint density at radius 3 is 3.29 bits per heavy atom. The summed E-state index contributed by atoms with van der Waals surface area (Å²) in [5.74, 6) is 0.853. The third-order valence-corrected chi connectivity index (χ3v) is 3.44. The van der Waals surface area contributed by atoms with Gasteiger partial charge in [0.15, 0.2) is 11.5 Å². The van der Waals surface area contributed by atoms with Gasteiger partial charge in [-0.25, -0.2) is 13.1 Å². The second kappa shape index (κ2) is 3.20. The van der Waals surface area contributed by atoms with Crippen LogP contribution in [0.15, 0.2) is 31.6 Å². The monoisotopic (exact) mass is 295 g/mol. The molecule has 1 aliphatic rings. The summed E-state index contributed by atoms with van der Waals surface area (Å²) in [4.78, 5) is 8.62. The molecule has 0 saturated heterocycles. The van der Waals surface area contributed by atoms with Crippen LogP contribution in [0.5, 0.6) is 0 Å². The van der Waals surface area contributed by atoms with Gasteiger partial charge in [0.2, 0.25) is 0 Å². The Balaban J connectivity index is 2.40. The van der Waals surface area contributed by atoms with Gasteiger partial charge in [-0.15, -0.1) is 0 Å². The zero-order chi connectivity index (χ0) is 9.38. The Morgan fingerprint density at radius 1 is 1.29 bits per heavy atom. The Morgan fingerprint density at radius 2 is 2.29 bits per heavy atom. The zero-order valence-electron chi connectivity index (χ0n) is 7.18. The van der Waals surface area contributed by atoms with Gasteiger partial charge >= 0.3 is 0 Å². The molecule has 0 bridgehead atoms. The Hall–Kier alpha value is -1.17. The molecular formula is C10H6IN3. The summed E-state index contributed by atoms with van der Waals surface area (Å²) in [6.45, 7) is 0. The first-order valence-corrected chi connectivity index (χ1v) is 6.41. The summed E-state index contributed by atoms with van der Waals surface area (Å²) in [6.07, 6.45) is 3.87. The molecule has 68 valence electrons. The van der Waals surface area contributed by atoms with Crippen LogP contribution in [0.4, 0.5) is 5.82 Å². The molecule has 0 N–H and O–H groups in total. The van der Waals surface area contributed by atoms with Crippen LogP contribution < -0.4 is 0 Å². The van der Waals surface area contributed by atoms with Crippen LogP contribution in [-0.2, 0) is 0 Å². The van der Waals surface area contributed by atoms with E-state index in [9.17, 15) is 0 Å². The van der Waals surface area contributed by atoms with Crippen molar-refractivity contribution >= 4 is 44.0 Å². The van der Waals surface area contributed by atoms with Gasteiger partial charge < -0.3 is 0 Å². The fourth-order valence-electron chi connectivity index (χ4n) is 1.37. The molecule has 0 saturated carbocycles. The highest BCUT2D eigenvalue weighted by Gasteiger charge is 2.05. The van der Waals surface area contributed by atoms with Crippen LogP contribution in [0.2, 0.25) is 0 Å². The molecule has 0 unspecified atom stereocenters. The van der Waals surface area contributed by atoms with Crippen molar-refractivity contribution in [3.05, 3.63) is 34.0 Å². The molecule has 0 atom stereocenters. The molecule has 3 nitrogen and oxygen atoms in total. The predicted molar refractivity (Wildman–Crippen MR) is 64.7 cm³/mol. The fraction of sp³-hybridized carbons (Fsp3) is 0. The first kappa shape index (κ1) is 8.16. The molecule has 0 aromatic carbocycles. The van der Waals surface area contributed by atoms with Crippen molar-refractivity contribution in [2.45, 2.75) is 0 Å². The molecule has 2 aromatic heterocycles. The first-order chi connectivity index (χ1) is 6.93. The number of halogens is 1.